The third-order valence-electron chi connectivity index (χ3n) is 5.04. The molecule has 3 aromatic rings. The lowest BCUT2D eigenvalue weighted by Crippen LogP contribution is -2.30. The molecule has 0 aliphatic carbocycles. The highest BCUT2D eigenvalue weighted by atomic mass is 32.2. The number of carbonyl (C=O) groups excluding carboxylic acids is 1. The summed E-state index contributed by atoms with van der Waals surface area (Å²) in [6, 6.07) is 22.1. The summed E-state index contributed by atoms with van der Waals surface area (Å²) < 4.78 is 32.1. The Morgan fingerprint density at radius 3 is 2.33 bits per heavy atom. The van der Waals surface area contributed by atoms with Crippen molar-refractivity contribution >= 4 is 33.4 Å². The summed E-state index contributed by atoms with van der Waals surface area (Å²) in [4.78, 5) is 13.3. The van der Waals surface area contributed by atoms with Crippen molar-refractivity contribution in [2.75, 3.05) is 30.0 Å². The van der Waals surface area contributed by atoms with E-state index in [1.807, 2.05) is 55.6 Å². The molecule has 6 nitrogen and oxygen atoms in total. The van der Waals surface area contributed by atoms with Crippen LogP contribution >= 0.6 is 11.8 Å². The molecule has 8 heteroatoms. The van der Waals surface area contributed by atoms with E-state index in [0.29, 0.717) is 24.4 Å². The number of sulfonamides is 1. The quantitative estimate of drug-likeness (QED) is 0.339. The van der Waals surface area contributed by atoms with Gasteiger partial charge < -0.3 is 10.1 Å². The molecule has 0 aliphatic rings. The molecule has 0 aromatic heterocycles. The summed E-state index contributed by atoms with van der Waals surface area (Å²) in [5, 5.41) is 2.84. The fourth-order valence-electron chi connectivity index (χ4n) is 3.29. The minimum Gasteiger partial charge on any atom is -0.491 e. The molecular formula is C25H28N2O4S2. The Hall–Kier alpha value is -2.97. The van der Waals surface area contributed by atoms with Crippen LogP contribution in [0.15, 0.2) is 77.7 Å². The molecule has 0 atom stereocenters. The number of carbonyl (C=O) groups is 1. The molecule has 0 saturated heterocycles. The van der Waals surface area contributed by atoms with Crippen molar-refractivity contribution in [1.29, 1.82) is 0 Å². The highest BCUT2D eigenvalue weighted by molar-refractivity contribution is 7.99. The van der Waals surface area contributed by atoms with Gasteiger partial charge in [-0.25, -0.2) is 8.42 Å². The standard InChI is InChI=1S/C25H28N2O4S2/c1-19-8-4-6-10-23(19)31-17-16-26-25(28)21-14-12-20(13-15-21)18-27(33(3,29)30)22-9-5-7-11-24(22)32-2/h4-15H,16-18H2,1-3H3,(H,26,28). The summed E-state index contributed by atoms with van der Waals surface area (Å²) in [6.45, 7) is 2.90. The Balaban J connectivity index is 1.61. The number of ether oxygens (including phenoxy) is 1. The van der Waals surface area contributed by atoms with Crippen molar-refractivity contribution in [1.82, 2.24) is 5.32 Å². The van der Waals surface area contributed by atoms with E-state index in [4.69, 9.17) is 4.74 Å². The monoisotopic (exact) mass is 484 g/mol. The first-order valence-electron chi connectivity index (χ1n) is 10.5. The van der Waals surface area contributed by atoms with Crippen LogP contribution in [0.25, 0.3) is 0 Å². The normalized spacial score (nSPS) is 11.1. The van der Waals surface area contributed by atoms with Crippen LogP contribution in [0.3, 0.4) is 0 Å². The Bertz CT molecular complexity index is 1200. The molecule has 0 aliphatic heterocycles. The van der Waals surface area contributed by atoms with Crippen molar-refractivity contribution < 1.29 is 17.9 Å². The van der Waals surface area contributed by atoms with Crippen LogP contribution in [0.1, 0.15) is 21.5 Å². The number of rotatable bonds is 10. The fourth-order valence-corrected chi connectivity index (χ4v) is 4.85. The molecule has 0 bridgehead atoms. The largest absolute Gasteiger partial charge is 0.491 e. The second kappa shape index (κ2) is 11.2. The molecule has 0 spiro atoms. The van der Waals surface area contributed by atoms with Gasteiger partial charge in [-0.2, -0.15) is 0 Å². The van der Waals surface area contributed by atoms with Gasteiger partial charge in [0.15, 0.2) is 0 Å². The van der Waals surface area contributed by atoms with Crippen LogP contribution in [0.2, 0.25) is 0 Å². The zero-order chi connectivity index (χ0) is 23.8. The van der Waals surface area contributed by atoms with E-state index in [9.17, 15) is 13.2 Å². The van der Waals surface area contributed by atoms with Gasteiger partial charge in [-0.3, -0.25) is 9.10 Å². The Kier molecular flexibility index (Phi) is 8.41. The minimum absolute atomic E-state index is 0.183. The van der Waals surface area contributed by atoms with Crippen LogP contribution in [0.4, 0.5) is 5.69 Å². The molecule has 174 valence electrons. The second-order valence-corrected chi connectivity index (χ2v) is 10.3. The molecule has 3 rings (SSSR count). The maximum Gasteiger partial charge on any atom is 0.251 e. The van der Waals surface area contributed by atoms with Gasteiger partial charge in [-0.1, -0.05) is 42.5 Å². The topological polar surface area (TPSA) is 75.7 Å². The molecule has 1 N–H and O–H groups in total. The molecule has 0 fully saturated rings. The number of amides is 1. The van der Waals surface area contributed by atoms with Crippen molar-refractivity contribution in [3.05, 3.63) is 89.5 Å². The number of hydrogen-bond acceptors (Lipinski definition) is 5. The third-order valence-corrected chi connectivity index (χ3v) is 6.95. The smallest absolute Gasteiger partial charge is 0.251 e. The van der Waals surface area contributed by atoms with Crippen LogP contribution in [0, 0.1) is 6.92 Å². The lowest BCUT2D eigenvalue weighted by atomic mass is 10.1. The van der Waals surface area contributed by atoms with Crippen molar-refractivity contribution in [2.24, 2.45) is 0 Å². The van der Waals surface area contributed by atoms with E-state index in [1.54, 1.807) is 30.3 Å². The number of nitrogens with one attached hydrogen (secondary N) is 1. The highest BCUT2D eigenvalue weighted by Crippen LogP contribution is 2.31. The number of benzene rings is 3. The third kappa shape index (κ3) is 6.76. The molecule has 33 heavy (non-hydrogen) atoms. The van der Waals surface area contributed by atoms with E-state index in [-0.39, 0.29) is 12.5 Å². The molecule has 3 aromatic carbocycles. The van der Waals surface area contributed by atoms with Crippen LogP contribution in [-0.4, -0.2) is 40.0 Å². The summed E-state index contributed by atoms with van der Waals surface area (Å²) in [7, 11) is -3.49. The lowest BCUT2D eigenvalue weighted by molar-refractivity contribution is 0.0947. The van der Waals surface area contributed by atoms with Crippen LogP contribution in [-0.2, 0) is 16.6 Å². The van der Waals surface area contributed by atoms with Crippen LogP contribution in [0.5, 0.6) is 5.75 Å². The van der Waals surface area contributed by atoms with Gasteiger partial charge in [-0.15, -0.1) is 11.8 Å². The van der Waals surface area contributed by atoms with E-state index in [1.165, 1.54) is 22.3 Å². The van der Waals surface area contributed by atoms with Crippen molar-refractivity contribution in [2.45, 2.75) is 18.4 Å². The summed E-state index contributed by atoms with van der Waals surface area (Å²) in [5.74, 6) is 0.595. The Morgan fingerprint density at radius 1 is 1.00 bits per heavy atom. The molecule has 1 amide bonds. The Labute approximate surface area is 200 Å². The van der Waals surface area contributed by atoms with Gasteiger partial charge in [0, 0.05) is 10.5 Å². The number of nitrogens with zero attached hydrogens (tertiary/aromatic N) is 1. The summed E-state index contributed by atoms with van der Waals surface area (Å²) >= 11 is 1.50. The molecular weight excluding hydrogens is 456 g/mol. The fraction of sp³-hybridized carbons (Fsp3) is 0.240. The van der Waals surface area contributed by atoms with E-state index >= 15 is 0 Å². The molecule has 0 heterocycles. The number of aryl methyl sites for hydroxylation is 1. The summed E-state index contributed by atoms with van der Waals surface area (Å²) in [6.07, 6.45) is 3.11. The maximum absolute atomic E-state index is 12.5. The molecule has 0 radical (unpaired) electrons. The van der Waals surface area contributed by atoms with E-state index < -0.39 is 10.0 Å². The predicted molar refractivity (Wildman–Crippen MR) is 135 cm³/mol. The average Bonchev–Trinajstić information content (AvgIpc) is 2.81. The number of anilines is 1. The molecule has 0 unspecified atom stereocenters. The first-order valence-corrected chi connectivity index (χ1v) is 13.5. The maximum atomic E-state index is 12.5. The Morgan fingerprint density at radius 2 is 1.67 bits per heavy atom. The SMILES string of the molecule is CSc1ccccc1N(Cc1ccc(C(=O)NCCOc2ccccc2C)cc1)S(C)(=O)=O. The van der Waals surface area contributed by atoms with Gasteiger partial charge in [0.05, 0.1) is 25.0 Å². The van der Waals surface area contributed by atoms with Gasteiger partial charge in [0.25, 0.3) is 5.91 Å². The van der Waals surface area contributed by atoms with Crippen molar-refractivity contribution in [3.63, 3.8) is 0 Å². The number of hydrogen-bond donors (Lipinski definition) is 1. The predicted octanol–water partition coefficient (Wildman–Crippen LogP) is 4.49. The van der Waals surface area contributed by atoms with Crippen LogP contribution < -0.4 is 14.4 Å². The highest BCUT2D eigenvalue weighted by Gasteiger charge is 2.20. The van der Waals surface area contributed by atoms with Crippen molar-refractivity contribution in [3.8, 4) is 5.75 Å². The van der Waals surface area contributed by atoms with Gasteiger partial charge in [0.1, 0.15) is 12.4 Å². The van der Waals surface area contributed by atoms with E-state index in [0.717, 1.165) is 21.8 Å². The first kappa shape index (κ1) is 24.7. The molecule has 0 saturated carbocycles. The van der Waals surface area contributed by atoms with Gasteiger partial charge in [-0.05, 0) is 54.6 Å². The van der Waals surface area contributed by atoms with E-state index in [2.05, 4.69) is 5.32 Å². The second-order valence-electron chi connectivity index (χ2n) is 7.51. The zero-order valence-electron chi connectivity index (χ0n) is 18.9. The minimum atomic E-state index is -3.49. The van der Waals surface area contributed by atoms with Gasteiger partial charge >= 0.3 is 0 Å². The number of para-hydroxylation sites is 2. The first-order chi connectivity index (χ1) is 15.8. The van der Waals surface area contributed by atoms with Gasteiger partial charge in [0.2, 0.25) is 10.0 Å². The lowest BCUT2D eigenvalue weighted by Gasteiger charge is -2.24. The number of thioether (sulfide) groups is 1. The average molecular weight is 485 g/mol. The summed E-state index contributed by atoms with van der Waals surface area (Å²) in [5.41, 5.74) is 2.98. The zero-order valence-corrected chi connectivity index (χ0v) is 20.6.